The Balaban J connectivity index is 0.00000192. The molecule has 1 amide bonds. The summed E-state index contributed by atoms with van der Waals surface area (Å²) in [4.78, 5) is 12.9. The van der Waals surface area contributed by atoms with Crippen molar-refractivity contribution in [2.75, 3.05) is 20.2 Å². The number of halogens is 1. The number of benzene rings is 1. The summed E-state index contributed by atoms with van der Waals surface area (Å²) < 4.78 is 5.19. The van der Waals surface area contributed by atoms with Crippen LogP contribution in [-0.4, -0.2) is 26.1 Å². The molecule has 5 heteroatoms. The van der Waals surface area contributed by atoms with Crippen LogP contribution in [0, 0.1) is 11.3 Å². The summed E-state index contributed by atoms with van der Waals surface area (Å²) in [6, 6.07) is 7.95. The van der Waals surface area contributed by atoms with Gasteiger partial charge in [0.2, 0.25) is 5.91 Å². The van der Waals surface area contributed by atoms with Crippen LogP contribution in [0.3, 0.4) is 0 Å². The van der Waals surface area contributed by atoms with Gasteiger partial charge in [-0.05, 0) is 49.9 Å². The molecule has 1 heterocycles. The zero-order chi connectivity index (χ0) is 15.6. The number of carbonyl (C=O) groups is 1. The maximum Gasteiger partial charge on any atom is 0.228 e. The van der Waals surface area contributed by atoms with E-state index in [2.05, 4.69) is 17.6 Å². The van der Waals surface area contributed by atoms with E-state index in [0.717, 1.165) is 30.8 Å². The van der Waals surface area contributed by atoms with Gasteiger partial charge in [0.25, 0.3) is 0 Å². The molecule has 1 unspecified atom stereocenters. The summed E-state index contributed by atoms with van der Waals surface area (Å²) in [6.07, 6.45) is 4.63. The Morgan fingerprint density at radius 3 is 2.78 bits per heavy atom. The number of methoxy groups -OCH3 is 1. The van der Waals surface area contributed by atoms with Crippen molar-refractivity contribution >= 4 is 18.3 Å². The average Bonchev–Trinajstić information content (AvgIpc) is 3.00. The summed E-state index contributed by atoms with van der Waals surface area (Å²) in [5, 5.41) is 6.68. The van der Waals surface area contributed by atoms with Crippen LogP contribution in [0.5, 0.6) is 5.75 Å². The SMILES string of the molecule is COc1ccc(C(C)NC(=O)[C@@]23CCCC[C@H]2CNC3)cc1.Cl. The Kier molecular flexibility index (Phi) is 5.93. The second-order valence-electron chi connectivity index (χ2n) is 6.70. The van der Waals surface area contributed by atoms with E-state index in [-0.39, 0.29) is 29.8 Å². The average molecular weight is 339 g/mol. The fraction of sp³-hybridized carbons (Fsp3) is 0.611. The Hall–Kier alpha value is -1.26. The fourth-order valence-electron chi connectivity index (χ4n) is 4.01. The third kappa shape index (κ3) is 3.48. The van der Waals surface area contributed by atoms with Crippen molar-refractivity contribution in [2.24, 2.45) is 11.3 Å². The number of ether oxygens (including phenoxy) is 1. The first-order valence-electron chi connectivity index (χ1n) is 8.31. The molecule has 1 aromatic rings. The van der Waals surface area contributed by atoms with Gasteiger partial charge in [-0.2, -0.15) is 0 Å². The zero-order valence-corrected chi connectivity index (χ0v) is 14.7. The number of rotatable bonds is 4. The van der Waals surface area contributed by atoms with Crippen LogP contribution in [0.1, 0.15) is 44.2 Å². The van der Waals surface area contributed by atoms with E-state index >= 15 is 0 Å². The first-order chi connectivity index (χ1) is 10.7. The minimum Gasteiger partial charge on any atom is -0.497 e. The van der Waals surface area contributed by atoms with Gasteiger partial charge in [0.05, 0.1) is 18.6 Å². The van der Waals surface area contributed by atoms with Crippen molar-refractivity contribution < 1.29 is 9.53 Å². The van der Waals surface area contributed by atoms with Crippen LogP contribution < -0.4 is 15.4 Å². The lowest BCUT2D eigenvalue weighted by atomic mass is 9.67. The molecule has 0 radical (unpaired) electrons. The van der Waals surface area contributed by atoms with Crippen molar-refractivity contribution in [2.45, 2.75) is 38.6 Å². The standard InChI is InChI=1S/C18H26N2O2.ClH/c1-13(14-6-8-16(22-2)9-7-14)20-17(21)18-10-4-3-5-15(18)11-19-12-18;/h6-9,13,15,19H,3-5,10-12H2,1-2H3,(H,20,21);1H/t13?,15-,18+;/m0./s1. The van der Waals surface area contributed by atoms with Gasteiger partial charge in [-0.3, -0.25) is 4.79 Å². The molecule has 4 nitrogen and oxygen atoms in total. The van der Waals surface area contributed by atoms with Gasteiger partial charge in [-0.25, -0.2) is 0 Å². The molecule has 2 aliphatic rings. The van der Waals surface area contributed by atoms with Crippen LogP contribution in [0.4, 0.5) is 0 Å². The van der Waals surface area contributed by atoms with E-state index in [0.29, 0.717) is 5.92 Å². The third-order valence-electron chi connectivity index (χ3n) is 5.45. The van der Waals surface area contributed by atoms with E-state index in [1.54, 1.807) is 7.11 Å². The highest BCUT2D eigenvalue weighted by atomic mass is 35.5. The van der Waals surface area contributed by atoms with Gasteiger partial charge < -0.3 is 15.4 Å². The Morgan fingerprint density at radius 1 is 1.35 bits per heavy atom. The molecule has 1 aromatic carbocycles. The van der Waals surface area contributed by atoms with E-state index in [4.69, 9.17) is 4.74 Å². The fourth-order valence-corrected chi connectivity index (χ4v) is 4.01. The quantitative estimate of drug-likeness (QED) is 0.887. The van der Waals surface area contributed by atoms with Crippen LogP contribution in [0.25, 0.3) is 0 Å². The van der Waals surface area contributed by atoms with Crippen molar-refractivity contribution in [3.05, 3.63) is 29.8 Å². The highest BCUT2D eigenvalue weighted by Gasteiger charge is 2.49. The number of nitrogens with one attached hydrogen (secondary N) is 2. The summed E-state index contributed by atoms with van der Waals surface area (Å²) in [5.41, 5.74) is 0.933. The first-order valence-corrected chi connectivity index (χ1v) is 8.31. The molecule has 3 atom stereocenters. The Bertz CT molecular complexity index is 534. The van der Waals surface area contributed by atoms with Crippen LogP contribution >= 0.6 is 12.4 Å². The lowest BCUT2D eigenvalue weighted by Crippen LogP contribution is -2.48. The summed E-state index contributed by atoms with van der Waals surface area (Å²) in [5.74, 6) is 1.57. The second-order valence-corrected chi connectivity index (χ2v) is 6.70. The third-order valence-corrected chi connectivity index (χ3v) is 5.45. The minimum atomic E-state index is -0.182. The number of hydrogen-bond acceptors (Lipinski definition) is 3. The lowest BCUT2D eigenvalue weighted by Gasteiger charge is -2.38. The van der Waals surface area contributed by atoms with Gasteiger partial charge in [0.15, 0.2) is 0 Å². The molecule has 2 fully saturated rings. The molecule has 1 aliphatic heterocycles. The monoisotopic (exact) mass is 338 g/mol. The Morgan fingerprint density at radius 2 is 2.09 bits per heavy atom. The number of fused-ring (bicyclic) bond motifs is 1. The predicted octanol–water partition coefficient (Wildman–Crippen LogP) is 3.07. The van der Waals surface area contributed by atoms with Crippen LogP contribution in [0.2, 0.25) is 0 Å². The molecular weight excluding hydrogens is 312 g/mol. The maximum absolute atomic E-state index is 12.9. The molecule has 128 valence electrons. The molecule has 1 saturated heterocycles. The van der Waals surface area contributed by atoms with Crippen molar-refractivity contribution in [1.82, 2.24) is 10.6 Å². The molecule has 2 N–H and O–H groups in total. The maximum atomic E-state index is 12.9. The molecule has 23 heavy (non-hydrogen) atoms. The molecular formula is C18H27ClN2O2. The molecule has 0 bridgehead atoms. The first kappa shape index (κ1) is 18.1. The summed E-state index contributed by atoms with van der Waals surface area (Å²) in [6.45, 7) is 3.87. The van der Waals surface area contributed by atoms with Gasteiger partial charge in [0, 0.05) is 6.54 Å². The largest absolute Gasteiger partial charge is 0.497 e. The van der Waals surface area contributed by atoms with Gasteiger partial charge in [-0.1, -0.05) is 25.0 Å². The van der Waals surface area contributed by atoms with E-state index in [1.165, 1.54) is 19.3 Å². The highest BCUT2D eigenvalue weighted by Crippen LogP contribution is 2.44. The van der Waals surface area contributed by atoms with E-state index in [1.807, 2.05) is 24.3 Å². The highest BCUT2D eigenvalue weighted by molar-refractivity contribution is 5.85. The Labute approximate surface area is 144 Å². The van der Waals surface area contributed by atoms with Crippen molar-refractivity contribution in [3.63, 3.8) is 0 Å². The molecule has 0 aromatic heterocycles. The topological polar surface area (TPSA) is 50.4 Å². The summed E-state index contributed by atoms with van der Waals surface area (Å²) >= 11 is 0. The van der Waals surface area contributed by atoms with Gasteiger partial charge in [-0.15, -0.1) is 12.4 Å². The lowest BCUT2D eigenvalue weighted by molar-refractivity contribution is -0.134. The molecule has 1 saturated carbocycles. The summed E-state index contributed by atoms with van der Waals surface area (Å²) in [7, 11) is 1.66. The van der Waals surface area contributed by atoms with Crippen molar-refractivity contribution in [1.29, 1.82) is 0 Å². The molecule has 3 rings (SSSR count). The zero-order valence-electron chi connectivity index (χ0n) is 13.9. The number of carbonyl (C=O) groups excluding carboxylic acids is 1. The normalized spacial score (nSPS) is 27.5. The van der Waals surface area contributed by atoms with Gasteiger partial charge in [0.1, 0.15) is 5.75 Å². The molecule has 0 spiro atoms. The van der Waals surface area contributed by atoms with E-state index < -0.39 is 0 Å². The second kappa shape index (κ2) is 7.54. The minimum absolute atomic E-state index is 0. The predicted molar refractivity (Wildman–Crippen MR) is 94.1 cm³/mol. The number of hydrogen-bond donors (Lipinski definition) is 2. The smallest absolute Gasteiger partial charge is 0.228 e. The van der Waals surface area contributed by atoms with Crippen LogP contribution in [-0.2, 0) is 4.79 Å². The number of amides is 1. The van der Waals surface area contributed by atoms with E-state index in [9.17, 15) is 4.79 Å². The van der Waals surface area contributed by atoms with Crippen LogP contribution in [0.15, 0.2) is 24.3 Å². The van der Waals surface area contributed by atoms with Crippen molar-refractivity contribution in [3.8, 4) is 5.75 Å². The molecule has 1 aliphatic carbocycles. The van der Waals surface area contributed by atoms with Gasteiger partial charge >= 0.3 is 0 Å².